The molecular weight excluding hydrogens is 332 g/mol. The van der Waals surface area contributed by atoms with Crippen molar-refractivity contribution in [3.63, 3.8) is 0 Å². The Morgan fingerprint density at radius 3 is 2.81 bits per heavy atom. The first-order valence-electron chi connectivity index (χ1n) is 10.3. The largest absolute Gasteiger partial charge is 0.351 e. The van der Waals surface area contributed by atoms with Crippen molar-refractivity contribution in [1.29, 1.82) is 0 Å². The highest BCUT2D eigenvalue weighted by atomic mass is 16.2. The predicted octanol–water partition coefficient (Wildman–Crippen LogP) is 5.35. The highest BCUT2D eigenvalue weighted by Gasteiger charge is 2.52. The quantitative estimate of drug-likeness (QED) is 0.513. The van der Waals surface area contributed by atoms with Gasteiger partial charge in [0.05, 0.1) is 5.69 Å². The van der Waals surface area contributed by atoms with E-state index in [0.29, 0.717) is 11.3 Å². The normalized spacial score (nSPS) is 32.7. The van der Waals surface area contributed by atoms with E-state index >= 15 is 0 Å². The van der Waals surface area contributed by atoms with Crippen LogP contribution in [0.25, 0.3) is 0 Å². The number of primary amides is 1. The maximum atomic E-state index is 11.4. The van der Waals surface area contributed by atoms with Crippen LogP contribution in [0.15, 0.2) is 23.8 Å². The zero-order chi connectivity index (χ0) is 19.2. The van der Waals surface area contributed by atoms with E-state index in [4.69, 9.17) is 5.73 Å². The molecule has 1 aromatic rings. The molecule has 3 unspecified atom stereocenters. The number of hydrogen-bond acceptors (Lipinski definition) is 1. The van der Waals surface area contributed by atoms with Gasteiger partial charge in [-0.05, 0) is 98.8 Å². The summed E-state index contributed by atoms with van der Waals surface area (Å²) in [7, 11) is 0. The van der Waals surface area contributed by atoms with E-state index in [-0.39, 0.29) is 0 Å². The number of urea groups is 1. The Bertz CT molecular complexity index is 872. The number of rotatable bonds is 1. The number of benzene rings is 1. The Hall–Kier alpha value is -2.21. The highest BCUT2D eigenvalue weighted by molar-refractivity contribution is 5.90. The van der Waals surface area contributed by atoms with E-state index in [1.54, 1.807) is 5.57 Å². The van der Waals surface area contributed by atoms with Crippen molar-refractivity contribution in [1.82, 2.24) is 0 Å². The van der Waals surface area contributed by atoms with Crippen molar-refractivity contribution in [3.8, 4) is 11.8 Å². The Morgan fingerprint density at radius 1 is 1.30 bits per heavy atom. The van der Waals surface area contributed by atoms with Crippen LogP contribution in [0, 0.1) is 29.1 Å². The molecule has 0 aromatic heterocycles. The predicted molar refractivity (Wildman–Crippen MR) is 111 cm³/mol. The Morgan fingerprint density at radius 2 is 2.11 bits per heavy atom. The summed E-state index contributed by atoms with van der Waals surface area (Å²) >= 11 is 0. The van der Waals surface area contributed by atoms with Crippen molar-refractivity contribution in [3.05, 3.63) is 40.5 Å². The van der Waals surface area contributed by atoms with Crippen LogP contribution >= 0.6 is 0 Å². The van der Waals surface area contributed by atoms with Gasteiger partial charge in [-0.15, -0.1) is 5.92 Å². The summed E-state index contributed by atoms with van der Waals surface area (Å²) in [5.74, 6) is 8.35. The molecule has 142 valence electrons. The maximum Gasteiger partial charge on any atom is 0.316 e. The molecule has 0 saturated heterocycles. The van der Waals surface area contributed by atoms with E-state index < -0.39 is 6.03 Å². The Labute approximate surface area is 162 Å². The lowest BCUT2D eigenvalue weighted by atomic mass is 9.55. The van der Waals surface area contributed by atoms with Crippen molar-refractivity contribution in [2.75, 3.05) is 5.32 Å². The first-order chi connectivity index (χ1) is 13.0. The Kier molecular flexibility index (Phi) is 4.54. The fraction of sp³-hybridized carbons (Fsp3) is 0.542. The highest BCUT2D eigenvalue weighted by Crippen LogP contribution is 2.62. The number of aryl methyl sites for hydroxylation is 1. The number of nitrogens with one attached hydrogen (secondary N) is 1. The summed E-state index contributed by atoms with van der Waals surface area (Å²) < 4.78 is 0. The number of fused-ring (bicyclic) bond motifs is 5. The molecular formula is C24H30N2O. The molecule has 3 aliphatic carbocycles. The minimum absolute atomic E-state index is 0.410. The average Bonchev–Trinajstić information content (AvgIpc) is 2.98. The molecule has 2 amide bonds. The van der Waals surface area contributed by atoms with Gasteiger partial charge in [-0.2, -0.15) is 0 Å². The van der Waals surface area contributed by atoms with Gasteiger partial charge in [0.25, 0.3) is 0 Å². The van der Waals surface area contributed by atoms with Crippen molar-refractivity contribution >= 4 is 11.7 Å². The number of nitrogens with two attached hydrogens (primary N) is 1. The third-order valence-corrected chi connectivity index (χ3v) is 7.58. The lowest BCUT2D eigenvalue weighted by molar-refractivity contribution is 0.0814. The molecule has 0 aliphatic heterocycles. The van der Waals surface area contributed by atoms with Gasteiger partial charge in [-0.25, -0.2) is 4.79 Å². The van der Waals surface area contributed by atoms with Gasteiger partial charge in [0, 0.05) is 5.56 Å². The number of amides is 2. The second-order valence-corrected chi connectivity index (χ2v) is 8.69. The molecule has 2 saturated carbocycles. The summed E-state index contributed by atoms with van der Waals surface area (Å²) in [5.41, 5.74) is 12.0. The number of carbonyl (C=O) groups is 1. The van der Waals surface area contributed by atoms with Crippen LogP contribution in [-0.4, -0.2) is 6.03 Å². The van der Waals surface area contributed by atoms with Crippen LogP contribution in [0.4, 0.5) is 10.5 Å². The summed E-state index contributed by atoms with van der Waals surface area (Å²) in [6.07, 6.45) is 9.88. The third kappa shape index (κ3) is 2.87. The van der Waals surface area contributed by atoms with E-state index in [0.717, 1.165) is 29.5 Å². The second kappa shape index (κ2) is 6.75. The molecule has 4 rings (SSSR count). The van der Waals surface area contributed by atoms with E-state index in [1.807, 2.05) is 6.92 Å². The molecule has 2 fully saturated rings. The summed E-state index contributed by atoms with van der Waals surface area (Å²) in [5, 5.41) is 2.77. The van der Waals surface area contributed by atoms with Crippen LogP contribution < -0.4 is 11.1 Å². The molecule has 27 heavy (non-hydrogen) atoms. The number of carbonyl (C=O) groups excluding carboxylic acids is 1. The monoisotopic (exact) mass is 362 g/mol. The summed E-state index contributed by atoms with van der Waals surface area (Å²) in [6, 6.07) is 3.83. The van der Waals surface area contributed by atoms with Gasteiger partial charge in [0.1, 0.15) is 0 Å². The van der Waals surface area contributed by atoms with Crippen LogP contribution in [0.3, 0.4) is 0 Å². The SMILES string of the molecule is CC#Cc1cc2c(cc1NC(N)=O)CCC1C2CC[C@]2(C)/C(=C\C)CCC12. The zero-order valence-corrected chi connectivity index (χ0v) is 16.7. The van der Waals surface area contributed by atoms with Crippen molar-refractivity contribution < 1.29 is 4.79 Å². The molecule has 4 atom stereocenters. The Balaban J connectivity index is 1.73. The molecule has 0 radical (unpaired) electrons. The fourth-order valence-corrected chi connectivity index (χ4v) is 6.42. The van der Waals surface area contributed by atoms with Crippen LogP contribution in [0.1, 0.15) is 75.5 Å². The molecule has 3 heteroatoms. The first kappa shape index (κ1) is 18.2. The van der Waals surface area contributed by atoms with Crippen molar-refractivity contribution in [2.45, 2.75) is 65.2 Å². The molecule has 3 N–H and O–H groups in total. The van der Waals surface area contributed by atoms with Gasteiger partial charge in [-0.1, -0.05) is 24.5 Å². The lowest BCUT2D eigenvalue weighted by Crippen LogP contribution is -2.40. The molecule has 3 nitrogen and oxygen atoms in total. The maximum absolute atomic E-state index is 11.4. The number of hydrogen-bond donors (Lipinski definition) is 2. The van der Waals surface area contributed by atoms with Gasteiger partial charge in [-0.3, -0.25) is 0 Å². The van der Waals surface area contributed by atoms with Gasteiger partial charge in [0.2, 0.25) is 0 Å². The van der Waals surface area contributed by atoms with E-state index in [2.05, 4.69) is 49.2 Å². The summed E-state index contributed by atoms with van der Waals surface area (Å²) in [6.45, 7) is 6.56. The lowest BCUT2D eigenvalue weighted by Gasteiger charge is -2.49. The van der Waals surface area contributed by atoms with Gasteiger partial charge < -0.3 is 11.1 Å². The minimum Gasteiger partial charge on any atom is -0.351 e. The second-order valence-electron chi connectivity index (χ2n) is 8.69. The standard InChI is InChI=1S/C24H30N2O/c1-4-6-16-13-20-15(14-22(16)26-23(25)27)7-9-19-18(20)11-12-24(3)17(5-2)8-10-21(19)24/h5,13-14,18-19,21H,7-12H2,1-3H3,(H3,25,26,27)/b17-5-/t18?,19?,21?,24-/m1/s1. The number of anilines is 1. The fourth-order valence-electron chi connectivity index (χ4n) is 6.42. The molecule has 3 aliphatic rings. The smallest absolute Gasteiger partial charge is 0.316 e. The van der Waals surface area contributed by atoms with E-state index in [9.17, 15) is 4.79 Å². The van der Waals surface area contributed by atoms with Crippen LogP contribution in [0.2, 0.25) is 0 Å². The topological polar surface area (TPSA) is 55.1 Å². The van der Waals surface area contributed by atoms with Crippen LogP contribution in [-0.2, 0) is 6.42 Å². The molecule has 0 bridgehead atoms. The molecule has 0 heterocycles. The minimum atomic E-state index is -0.527. The van der Waals surface area contributed by atoms with E-state index in [1.165, 1.54) is 43.2 Å². The van der Waals surface area contributed by atoms with Crippen molar-refractivity contribution in [2.24, 2.45) is 23.0 Å². The number of allylic oxidation sites excluding steroid dienone is 2. The van der Waals surface area contributed by atoms with Gasteiger partial charge >= 0.3 is 6.03 Å². The van der Waals surface area contributed by atoms with Gasteiger partial charge in [0.15, 0.2) is 0 Å². The first-order valence-corrected chi connectivity index (χ1v) is 10.3. The third-order valence-electron chi connectivity index (χ3n) is 7.58. The zero-order valence-electron chi connectivity index (χ0n) is 16.7. The molecule has 1 aromatic carbocycles. The summed E-state index contributed by atoms with van der Waals surface area (Å²) in [4.78, 5) is 11.4. The average molecular weight is 363 g/mol. The molecule has 0 spiro atoms. The van der Waals surface area contributed by atoms with Crippen LogP contribution in [0.5, 0.6) is 0 Å².